The largest absolute Gasteiger partial charge is 0.466 e. The molecule has 1 rings (SSSR count). The Kier molecular flexibility index (Phi) is 9.95. The van der Waals surface area contributed by atoms with Gasteiger partial charge in [0.25, 0.3) is 0 Å². The van der Waals surface area contributed by atoms with Gasteiger partial charge in [0.05, 0.1) is 25.9 Å². The number of hydrogen-bond donors (Lipinski definition) is 2. The molecule has 0 saturated carbocycles. The van der Waals surface area contributed by atoms with Crippen LogP contribution in [0.3, 0.4) is 0 Å². The number of carbonyl (C=O) groups excluding carboxylic acids is 1. The summed E-state index contributed by atoms with van der Waals surface area (Å²) in [4.78, 5) is 10.9. The van der Waals surface area contributed by atoms with Crippen LogP contribution < -0.4 is 0 Å². The zero-order valence-corrected chi connectivity index (χ0v) is 13.6. The maximum absolute atomic E-state index is 10.9. The number of aliphatic hydroxyl groups is 2. The van der Waals surface area contributed by atoms with Crippen LogP contribution in [0.4, 0.5) is 0 Å². The summed E-state index contributed by atoms with van der Waals surface area (Å²) in [6, 6.07) is 9.89. The van der Waals surface area contributed by atoms with Gasteiger partial charge in [0, 0.05) is 12.7 Å². The molecule has 2 N–H and O–H groups in total. The van der Waals surface area contributed by atoms with Crippen LogP contribution in [0.25, 0.3) is 0 Å². The average molecular weight is 322 g/mol. The third kappa shape index (κ3) is 9.13. The Labute approximate surface area is 137 Å². The van der Waals surface area contributed by atoms with Crippen molar-refractivity contribution in [3.05, 3.63) is 48.0 Å². The highest BCUT2D eigenvalue weighted by Gasteiger charge is 2.14. The van der Waals surface area contributed by atoms with Gasteiger partial charge in [-0.15, -0.1) is 0 Å². The molecule has 0 aliphatic heterocycles. The summed E-state index contributed by atoms with van der Waals surface area (Å²) >= 11 is 0. The number of methoxy groups -OCH3 is 1. The number of rotatable bonds is 11. The number of carbonyl (C=O) groups is 1. The lowest BCUT2D eigenvalue weighted by Crippen LogP contribution is -2.25. The third-order valence-electron chi connectivity index (χ3n) is 3.43. The number of hydrogen-bond acceptors (Lipinski definition) is 5. The molecule has 0 radical (unpaired) electrons. The molecule has 0 unspecified atom stereocenters. The molecule has 2 atom stereocenters. The van der Waals surface area contributed by atoms with Crippen LogP contribution >= 0.6 is 0 Å². The Hall–Kier alpha value is -1.69. The first kappa shape index (κ1) is 19.4. The Bertz CT molecular complexity index is 458. The minimum Gasteiger partial charge on any atom is -0.466 e. The molecule has 0 bridgehead atoms. The predicted molar refractivity (Wildman–Crippen MR) is 87.7 cm³/mol. The Balaban J connectivity index is 2.07. The molecule has 0 aliphatic carbocycles. The van der Waals surface area contributed by atoms with E-state index in [1.165, 1.54) is 13.2 Å². The Morgan fingerprint density at radius 1 is 1.17 bits per heavy atom. The van der Waals surface area contributed by atoms with Crippen LogP contribution in [0.2, 0.25) is 0 Å². The van der Waals surface area contributed by atoms with Crippen molar-refractivity contribution in [2.45, 2.75) is 44.5 Å². The van der Waals surface area contributed by atoms with Crippen molar-refractivity contribution >= 4 is 5.97 Å². The first-order valence-corrected chi connectivity index (χ1v) is 7.85. The minimum atomic E-state index is -0.800. The summed E-state index contributed by atoms with van der Waals surface area (Å²) in [5.74, 6) is -0.421. The van der Waals surface area contributed by atoms with Gasteiger partial charge in [-0.3, -0.25) is 0 Å². The summed E-state index contributed by atoms with van der Waals surface area (Å²) in [5, 5.41) is 19.7. The first-order valence-electron chi connectivity index (χ1n) is 7.85. The van der Waals surface area contributed by atoms with E-state index in [1.807, 2.05) is 30.3 Å². The second-order valence-corrected chi connectivity index (χ2v) is 5.32. The first-order chi connectivity index (χ1) is 11.1. The lowest BCUT2D eigenvalue weighted by molar-refractivity contribution is -0.134. The third-order valence-corrected chi connectivity index (χ3v) is 3.43. The van der Waals surface area contributed by atoms with E-state index < -0.39 is 18.2 Å². The second-order valence-electron chi connectivity index (χ2n) is 5.32. The fourth-order valence-corrected chi connectivity index (χ4v) is 2.06. The van der Waals surface area contributed by atoms with Crippen molar-refractivity contribution in [2.75, 3.05) is 13.7 Å². The van der Waals surface area contributed by atoms with Crippen LogP contribution in [0.1, 0.15) is 31.2 Å². The van der Waals surface area contributed by atoms with E-state index in [9.17, 15) is 15.0 Å². The smallest absolute Gasteiger partial charge is 0.330 e. The summed E-state index contributed by atoms with van der Waals surface area (Å²) in [5.41, 5.74) is 1.12. The maximum Gasteiger partial charge on any atom is 0.330 e. The van der Waals surface area contributed by atoms with Gasteiger partial charge in [-0.25, -0.2) is 4.79 Å². The highest BCUT2D eigenvalue weighted by atomic mass is 16.5. The Morgan fingerprint density at radius 3 is 2.57 bits per heavy atom. The molecule has 128 valence electrons. The topological polar surface area (TPSA) is 76.0 Å². The molecule has 1 aromatic rings. The standard InChI is InChI=1S/C18H26O5/c1-22-18(21)12-6-5-10-16(19)17(20)11-7-13-23-14-15-8-3-2-4-9-15/h2-4,6,8-9,12,16-17,19-20H,5,7,10-11,13-14H2,1H3/b12-6+/t16-,17-/m1/s1. The van der Waals surface area contributed by atoms with E-state index in [0.29, 0.717) is 38.9 Å². The predicted octanol–water partition coefficient (Wildman–Crippen LogP) is 2.21. The summed E-state index contributed by atoms with van der Waals surface area (Å²) in [6.07, 6.45) is 3.45. The van der Waals surface area contributed by atoms with Crippen LogP contribution in [-0.4, -0.2) is 42.1 Å². The summed E-state index contributed by atoms with van der Waals surface area (Å²) in [7, 11) is 1.31. The molecule has 0 heterocycles. The van der Waals surface area contributed by atoms with E-state index in [2.05, 4.69) is 4.74 Å². The van der Waals surface area contributed by atoms with Crippen molar-refractivity contribution in [1.29, 1.82) is 0 Å². The second kappa shape index (κ2) is 11.8. The number of benzene rings is 1. The van der Waals surface area contributed by atoms with Crippen molar-refractivity contribution in [3.63, 3.8) is 0 Å². The van der Waals surface area contributed by atoms with Gasteiger partial charge in [-0.05, 0) is 31.2 Å². The van der Waals surface area contributed by atoms with Gasteiger partial charge in [0.1, 0.15) is 0 Å². The summed E-state index contributed by atoms with van der Waals surface area (Å²) < 4.78 is 9.99. The average Bonchev–Trinajstić information content (AvgIpc) is 2.58. The SMILES string of the molecule is COC(=O)/C=C/CC[C@@H](O)[C@H](O)CCCOCc1ccccc1. The highest BCUT2D eigenvalue weighted by molar-refractivity contribution is 5.81. The van der Waals surface area contributed by atoms with Gasteiger partial charge >= 0.3 is 5.97 Å². The van der Waals surface area contributed by atoms with Crippen LogP contribution in [0, 0.1) is 0 Å². The molecular weight excluding hydrogens is 296 g/mol. The molecule has 23 heavy (non-hydrogen) atoms. The van der Waals surface area contributed by atoms with Gasteiger partial charge in [-0.1, -0.05) is 36.4 Å². The van der Waals surface area contributed by atoms with Gasteiger partial charge in [0.2, 0.25) is 0 Å². The molecule has 1 aromatic carbocycles. The zero-order chi connectivity index (χ0) is 16.9. The Morgan fingerprint density at radius 2 is 1.87 bits per heavy atom. The monoisotopic (exact) mass is 322 g/mol. The van der Waals surface area contributed by atoms with Crippen LogP contribution in [-0.2, 0) is 20.9 Å². The fraction of sp³-hybridized carbons (Fsp3) is 0.500. The van der Waals surface area contributed by atoms with E-state index in [-0.39, 0.29) is 0 Å². The normalized spacial score (nSPS) is 13.9. The molecule has 5 nitrogen and oxygen atoms in total. The molecule has 0 spiro atoms. The van der Waals surface area contributed by atoms with Crippen molar-refractivity contribution in [1.82, 2.24) is 0 Å². The van der Waals surface area contributed by atoms with E-state index in [4.69, 9.17) is 4.74 Å². The van der Waals surface area contributed by atoms with Gasteiger partial charge in [0.15, 0.2) is 0 Å². The van der Waals surface area contributed by atoms with Crippen LogP contribution in [0.5, 0.6) is 0 Å². The van der Waals surface area contributed by atoms with Crippen LogP contribution in [0.15, 0.2) is 42.5 Å². The maximum atomic E-state index is 10.9. The zero-order valence-electron chi connectivity index (χ0n) is 13.6. The number of aliphatic hydroxyl groups excluding tert-OH is 2. The number of allylic oxidation sites excluding steroid dienone is 1. The quantitative estimate of drug-likeness (QED) is 0.371. The van der Waals surface area contributed by atoms with Gasteiger partial charge < -0.3 is 19.7 Å². The lowest BCUT2D eigenvalue weighted by Gasteiger charge is -2.17. The fourth-order valence-electron chi connectivity index (χ4n) is 2.06. The molecular formula is C18H26O5. The minimum absolute atomic E-state index is 0.402. The molecule has 0 amide bonds. The lowest BCUT2D eigenvalue weighted by atomic mass is 10.0. The summed E-state index contributed by atoms with van der Waals surface area (Å²) in [6.45, 7) is 1.10. The van der Waals surface area contributed by atoms with Crippen molar-refractivity contribution < 1.29 is 24.5 Å². The molecule has 0 aromatic heterocycles. The van der Waals surface area contributed by atoms with Crippen molar-refractivity contribution in [3.8, 4) is 0 Å². The number of esters is 1. The van der Waals surface area contributed by atoms with E-state index in [0.717, 1.165) is 5.56 Å². The van der Waals surface area contributed by atoms with E-state index >= 15 is 0 Å². The molecule has 0 aliphatic rings. The number of ether oxygens (including phenoxy) is 2. The highest BCUT2D eigenvalue weighted by Crippen LogP contribution is 2.09. The van der Waals surface area contributed by atoms with E-state index in [1.54, 1.807) is 6.08 Å². The molecule has 0 fully saturated rings. The molecule has 5 heteroatoms. The van der Waals surface area contributed by atoms with Gasteiger partial charge in [-0.2, -0.15) is 0 Å². The van der Waals surface area contributed by atoms with Crippen molar-refractivity contribution in [2.24, 2.45) is 0 Å². The molecule has 0 saturated heterocycles.